The predicted octanol–water partition coefficient (Wildman–Crippen LogP) is 5.18. The molecule has 0 aliphatic carbocycles. The van der Waals surface area contributed by atoms with Gasteiger partial charge in [0.2, 0.25) is 6.79 Å². The van der Waals surface area contributed by atoms with E-state index in [2.05, 4.69) is 4.98 Å². The number of hydrogen-bond donors (Lipinski definition) is 2. The molecule has 4 aromatic rings. The lowest BCUT2D eigenvalue weighted by atomic mass is 9.94. The van der Waals surface area contributed by atoms with Crippen LogP contribution in [0.4, 0.5) is 5.69 Å². The van der Waals surface area contributed by atoms with E-state index in [0.29, 0.717) is 33.5 Å². The number of carbonyl (C=O) groups excluding carboxylic acids is 2. The summed E-state index contributed by atoms with van der Waals surface area (Å²) >= 11 is 6.20. The number of ether oxygens (including phenoxy) is 3. The molecule has 0 radical (unpaired) electrons. The van der Waals surface area contributed by atoms with Crippen molar-refractivity contribution in [3.05, 3.63) is 88.6 Å². The zero-order chi connectivity index (χ0) is 25.0. The van der Waals surface area contributed by atoms with Crippen molar-refractivity contribution >= 4 is 45.6 Å². The highest BCUT2D eigenvalue weighted by Crippen LogP contribution is 2.47. The Morgan fingerprint density at radius 1 is 1.08 bits per heavy atom. The number of Topliss-reactive ketones (excluding diaryl/α,β-unsaturated/α-hetero) is 1. The average molecular weight is 503 g/mol. The van der Waals surface area contributed by atoms with Gasteiger partial charge in [-0.1, -0.05) is 29.8 Å². The van der Waals surface area contributed by atoms with Crippen molar-refractivity contribution in [3.63, 3.8) is 0 Å². The number of fused-ring (bicyclic) bond motifs is 2. The summed E-state index contributed by atoms with van der Waals surface area (Å²) in [6.07, 6.45) is 1.74. The Hall–Kier alpha value is -4.43. The number of halogens is 1. The van der Waals surface area contributed by atoms with Crippen LogP contribution in [0.25, 0.3) is 16.7 Å². The molecule has 1 fully saturated rings. The lowest BCUT2D eigenvalue weighted by Gasteiger charge is -2.25. The molecular weight excluding hydrogens is 484 g/mol. The number of hydrogen-bond acceptors (Lipinski definition) is 6. The first kappa shape index (κ1) is 22.1. The summed E-state index contributed by atoms with van der Waals surface area (Å²) in [5.41, 5.74) is 2.02. The van der Waals surface area contributed by atoms with Gasteiger partial charge in [0.15, 0.2) is 11.5 Å². The van der Waals surface area contributed by atoms with Gasteiger partial charge in [-0.05, 0) is 36.4 Å². The first-order valence-corrected chi connectivity index (χ1v) is 11.5. The van der Waals surface area contributed by atoms with Crippen LogP contribution in [0.5, 0.6) is 17.2 Å². The lowest BCUT2D eigenvalue weighted by Crippen LogP contribution is -2.29. The number of benzene rings is 3. The van der Waals surface area contributed by atoms with Crippen LogP contribution in [0.2, 0.25) is 5.02 Å². The largest absolute Gasteiger partial charge is 0.507 e. The zero-order valence-corrected chi connectivity index (χ0v) is 19.7. The molecule has 2 N–H and O–H groups in total. The second kappa shape index (κ2) is 8.35. The molecule has 1 saturated heterocycles. The summed E-state index contributed by atoms with van der Waals surface area (Å²) in [6, 6.07) is 16.3. The SMILES string of the molecule is COc1ccc(Cl)cc1/C(O)=C1\C(=O)C(=O)N(c2ccc3c(c2)OCO3)C1c1c[nH]c2ccccc12. The molecule has 9 heteroatoms. The fourth-order valence-electron chi connectivity index (χ4n) is 4.76. The number of ketones is 1. The van der Waals surface area contributed by atoms with Gasteiger partial charge in [0.05, 0.1) is 24.3 Å². The van der Waals surface area contributed by atoms with Crippen molar-refractivity contribution < 1.29 is 28.9 Å². The van der Waals surface area contributed by atoms with Crippen LogP contribution in [-0.2, 0) is 9.59 Å². The number of H-pyrrole nitrogens is 1. The molecule has 1 unspecified atom stereocenters. The van der Waals surface area contributed by atoms with Gasteiger partial charge in [-0.3, -0.25) is 14.5 Å². The van der Waals surface area contributed by atoms with Crippen LogP contribution >= 0.6 is 11.6 Å². The zero-order valence-electron chi connectivity index (χ0n) is 18.9. The van der Waals surface area contributed by atoms with E-state index in [-0.39, 0.29) is 23.7 Å². The average Bonchev–Trinajstić information content (AvgIpc) is 3.59. The summed E-state index contributed by atoms with van der Waals surface area (Å²) < 4.78 is 16.3. The van der Waals surface area contributed by atoms with Gasteiger partial charge < -0.3 is 24.3 Å². The summed E-state index contributed by atoms with van der Waals surface area (Å²) in [6.45, 7) is 0.0675. The maximum Gasteiger partial charge on any atom is 0.300 e. The number of methoxy groups -OCH3 is 1. The predicted molar refractivity (Wildman–Crippen MR) is 134 cm³/mol. The molecule has 3 aromatic carbocycles. The quantitative estimate of drug-likeness (QED) is 0.226. The van der Waals surface area contributed by atoms with Crippen molar-refractivity contribution in [2.24, 2.45) is 0 Å². The first-order chi connectivity index (χ1) is 17.5. The third kappa shape index (κ3) is 3.30. The van der Waals surface area contributed by atoms with Gasteiger partial charge in [0.25, 0.3) is 11.7 Å². The monoisotopic (exact) mass is 502 g/mol. The van der Waals surface area contributed by atoms with Crippen LogP contribution in [0.15, 0.2) is 72.4 Å². The van der Waals surface area contributed by atoms with Crippen molar-refractivity contribution in [3.8, 4) is 17.2 Å². The molecule has 1 atom stereocenters. The van der Waals surface area contributed by atoms with Crippen LogP contribution in [0.1, 0.15) is 17.2 Å². The highest BCUT2D eigenvalue weighted by Gasteiger charge is 2.48. The number of aliphatic hydroxyl groups excluding tert-OH is 1. The normalized spacial score (nSPS) is 18.3. The van der Waals surface area contributed by atoms with E-state index in [1.807, 2.05) is 24.3 Å². The highest BCUT2D eigenvalue weighted by atomic mass is 35.5. The third-order valence-electron chi connectivity index (χ3n) is 6.41. The minimum absolute atomic E-state index is 0.0675. The van der Waals surface area contributed by atoms with E-state index in [4.69, 9.17) is 25.8 Å². The molecule has 36 heavy (non-hydrogen) atoms. The number of amides is 1. The highest BCUT2D eigenvalue weighted by molar-refractivity contribution is 6.52. The van der Waals surface area contributed by atoms with Crippen molar-refractivity contribution in [1.29, 1.82) is 0 Å². The van der Waals surface area contributed by atoms with Gasteiger partial charge in [-0.2, -0.15) is 0 Å². The maximum atomic E-state index is 13.5. The molecule has 180 valence electrons. The maximum absolute atomic E-state index is 13.5. The fraction of sp³-hybridized carbons (Fsp3) is 0.111. The number of aromatic amines is 1. The van der Waals surface area contributed by atoms with E-state index in [9.17, 15) is 14.7 Å². The number of para-hydroxylation sites is 1. The molecule has 6 rings (SSSR count). The van der Waals surface area contributed by atoms with E-state index in [0.717, 1.165) is 10.9 Å². The van der Waals surface area contributed by atoms with Crippen LogP contribution in [0.3, 0.4) is 0 Å². The number of aliphatic hydroxyl groups is 1. The van der Waals surface area contributed by atoms with Crippen molar-refractivity contribution in [2.75, 3.05) is 18.8 Å². The Kier molecular flexibility index (Phi) is 5.12. The van der Waals surface area contributed by atoms with Gasteiger partial charge in [0.1, 0.15) is 11.5 Å². The topological polar surface area (TPSA) is 101 Å². The van der Waals surface area contributed by atoms with Crippen LogP contribution in [-0.4, -0.2) is 35.7 Å². The molecule has 8 nitrogen and oxygen atoms in total. The summed E-state index contributed by atoms with van der Waals surface area (Å²) in [5.74, 6) is -0.685. The van der Waals surface area contributed by atoms with Gasteiger partial charge in [-0.15, -0.1) is 0 Å². The molecule has 0 saturated carbocycles. The summed E-state index contributed by atoms with van der Waals surface area (Å²) in [5, 5.41) is 12.6. The van der Waals surface area contributed by atoms with Crippen LogP contribution < -0.4 is 19.1 Å². The molecule has 1 amide bonds. The molecule has 0 spiro atoms. The second-order valence-electron chi connectivity index (χ2n) is 8.34. The molecular formula is C27H19ClN2O6. The Morgan fingerprint density at radius 2 is 1.89 bits per heavy atom. The van der Waals surface area contributed by atoms with E-state index in [1.54, 1.807) is 36.5 Å². The number of rotatable bonds is 4. The molecule has 3 heterocycles. The van der Waals surface area contributed by atoms with Gasteiger partial charge in [0, 0.05) is 39.4 Å². The minimum Gasteiger partial charge on any atom is -0.507 e. The van der Waals surface area contributed by atoms with E-state index >= 15 is 0 Å². The Balaban J connectivity index is 1.62. The Labute approximate surface area is 210 Å². The number of nitrogens with zero attached hydrogens (tertiary/aromatic N) is 1. The van der Waals surface area contributed by atoms with E-state index < -0.39 is 17.7 Å². The van der Waals surface area contributed by atoms with Gasteiger partial charge >= 0.3 is 0 Å². The van der Waals surface area contributed by atoms with Crippen LogP contribution in [0, 0.1) is 0 Å². The smallest absolute Gasteiger partial charge is 0.300 e. The molecule has 1 aromatic heterocycles. The third-order valence-corrected chi connectivity index (χ3v) is 6.65. The molecule has 0 bridgehead atoms. The second-order valence-corrected chi connectivity index (χ2v) is 8.78. The van der Waals surface area contributed by atoms with Crippen molar-refractivity contribution in [1.82, 2.24) is 4.98 Å². The van der Waals surface area contributed by atoms with Crippen molar-refractivity contribution in [2.45, 2.75) is 6.04 Å². The fourth-order valence-corrected chi connectivity index (χ4v) is 4.93. The summed E-state index contributed by atoms with van der Waals surface area (Å²) in [7, 11) is 1.45. The Morgan fingerprint density at radius 3 is 2.72 bits per heavy atom. The standard InChI is InChI=1S/C27H19ClN2O6/c1-34-20-8-6-14(28)10-17(20)25(31)23-24(18-12-29-19-5-3-2-4-16(18)19)30(27(33)26(23)32)15-7-9-21-22(11-15)36-13-35-21/h2-12,24,29,31H,13H2,1H3/b25-23+. The first-order valence-electron chi connectivity index (χ1n) is 11.1. The number of carbonyl (C=O) groups is 2. The summed E-state index contributed by atoms with van der Waals surface area (Å²) in [4.78, 5) is 31.6. The molecule has 2 aliphatic heterocycles. The number of nitrogens with one attached hydrogen (secondary N) is 1. The minimum atomic E-state index is -0.940. The Bertz CT molecular complexity index is 1590. The lowest BCUT2D eigenvalue weighted by molar-refractivity contribution is -0.132. The van der Waals surface area contributed by atoms with Gasteiger partial charge in [-0.25, -0.2) is 0 Å². The van der Waals surface area contributed by atoms with E-state index in [1.165, 1.54) is 18.1 Å². The molecule has 2 aliphatic rings. The number of aromatic nitrogens is 1. The number of anilines is 1.